The van der Waals surface area contributed by atoms with Crippen molar-refractivity contribution in [3.05, 3.63) is 47.9 Å². The maximum absolute atomic E-state index is 13.2. The molecule has 7 nitrogen and oxygen atoms in total. The van der Waals surface area contributed by atoms with Gasteiger partial charge in [0.1, 0.15) is 35.8 Å². The van der Waals surface area contributed by atoms with Crippen molar-refractivity contribution in [2.45, 2.75) is 37.2 Å². The lowest BCUT2D eigenvalue weighted by Gasteiger charge is -2.43. The van der Waals surface area contributed by atoms with Crippen LogP contribution in [0.3, 0.4) is 0 Å². The predicted octanol–water partition coefficient (Wildman–Crippen LogP) is 3.35. The third kappa shape index (κ3) is 3.81. The van der Waals surface area contributed by atoms with Gasteiger partial charge in [0.25, 0.3) is 0 Å². The first-order valence-corrected chi connectivity index (χ1v) is 10.2. The number of halogens is 3. The molecule has 0 bridgehead atoms. The number of rotatable bonds is 3. The summed E-state index contributed by atoms with van der Waals surface area (Å²) in [5, 5.41) is 13.5. The average Bonchev–Trinajstić information content (AvgIpc) is 3.21. The number of aromatic amines is 1. The molecule has 3 aromatic rings. The summed E-state index contributed by atoms with van der Waals surface area (Å²) >= 11 is 0. The molecule has 2 aliphatic rings. The fourth-order valence-electron chi connectivity index (χ4n) is 4.41. The van der Waals surface area contributed by atoms with Gasteiger partial charge in [-0.15, -0.1) is 0 Å². The van der Waals surface area contributed by atoms with Gasteiger partial charge in [0.05, 0.1) is 23.6 Å². The van der Waals surface area contributed by atoms with Crippen LogP contribution in [0.2, 0.25) is 0 Å². The van der Waals surface area contributed by atoms with Gasteiger partial charge < -0.3 is 20.1 Å². The number of nitrogens with one attached hydrogen (secondary N) is 2. The van der Waals surface area contributed by atoms with Crippen LogP contribution in [0.4, 0.5) is 19.0 Å². The molecule has 0 spiro atoms. The van der Waals surface area contributed by atoms with Crippen molar-refractivity contribution in [3.8, 4) is 5.75 Å². The Morgan fingerprint density at radius 1 is 1.16 bits per heavy atom. The first-order valence-electron chi connectivity index (χ1n) is 10.2. The molecule has 1 saturated heterocycles. The van der Waals surface area contributed by atoms with Crippen LogP contribution in [0, 0.1) is 0 Å². The number of aromatic nitrogens is 3. The number of aliphatic hydroxyl groups is 1. The van der Waals surface area contributed by atoms with E-state index in [0.717, 1.165) is 30.5 Å². The minimum atomic E-state index is -4.50. The molecule has 3 N–H and O–H groups in total. The number of likely N-dealkylation sites (tertiary alicyclic amines) is 1. The topological polar surface area (TPSA) is 86.3 Å². The molecule has 2 atom stereocenters. The number of nitrogens with zero attached hydrogens (tertiary/aromatic N) is 3. The van der Waals surface area contributed by atoms with Crippen molar-refractivity contribution in [1.29, 1.82) is 0 Å². The summed E-state index contributed by atoms with van der Waals surface area (Å²) in [5.41, 5.74) is 0.186. The first kappa shape index (κ1) is 20.1. The van der Waals surface area contributed by atoms with Gasteiger partial charge >= 0.3 is 6.18 Å². The fraction of sp³-hybridized carbons (Fsp3) is 0.429. The van der Waals surface area contributed by atoms with Crippen molar-refractivity contribution in [2.75, 3.05) is 25.0 Å². The number of fused-ring (bicyclic) bond motifs is 2. The Kier molecular flexibility index (Phi) is 4.98. The predicted molar refractivity (Wildman–Crippen MR) is 108 cm³/mol. The van der Waals surface area contributed by atoms with Gasteiger partial charge in [-0.25, -0.2) is 9.97 Å². The second-order valence-corrected chi connectivity index (χ2v) is 7.97. The monoisotopic (exact) mass is 433 g/mol. The number of alkyl halides is 3. The number of benzene rings is 1. The molecule has 0 saturated carbocycles. The molecule has 1 fully saturated rings. The Morgan fingerprint density at radius 3 is 2.71 bits per heavy atom. The molecule has 0 unspecified atom stereocenters. The Hall–Kier alpha value is -2.85. The highest BCUT2D eigenvalue weighted by Gasteiger charge is 2.37. The molecule has 1 aromatic carbocycles. The third-order valence-electron chi connectivity index (χ3n) is 6.04. The highest BCUT2D eigenvalue weighted by atomic mass is 19.4. The Balaban J connectivity index is 1.52. The van der Waals surface area contributed by atoms with Gasteiger partial charge in [-0.1, -0.05) is 18.2 Å². The van der Waals surface area contributed by atoms with Crippen molar-refractivity contribution >= 4 is 16.9 Å². The van der Waals surface area contributed by atoms with Crippen molar-refractivity contribution in [1.82, 2.24) is 19.9 Å². The largest absolute Gasteiger partial charge is 0.491 e. The van der Waals surface area contributed by atoms with Gasteiger partial charge in [0, 0.05) is 18.7 Å². The van der Waals surface area contributed by atoms with Crippen LogP contribution in [0.5, 0.6) is 5.75 Å². The standard InChI is InChI=1S/C21H22F3N5O2/c22-21(23,24)17-9-14-19(27-17)25-11-26-20(14)28-18-13-3-1-2-4-16(13)31-10-15(18)29-7-5-12(30)6-8-29/h1-4,9,11-12,15,18,30H,5-8,10H2,(H2,25,26,27,28)/t15-,18-/m0/s1. The van der Waals surface area contributed by atoms with Crippen LogP contribution in [-0.4, -0.2) is 56.8 Å². The summed E-state index contributed by atoms with van der Waals surface area (Å²) in [6, 6.07) is 8.36. The molecule has 164 valence electrons. The summed E-state index contributed by atoms with van der Waals surface area (Å²) in [7, 11) is 0. The number of ether oxygens (including phenoxy) is 1. The van der Waals surface area contributed by atoms with Gasteiger partial charge in [-0.3, -0.25) is 4.90 Å². The maximum atomic E-state index is 13.2. The van der Waals surface area contributed by atoms with Crippen molar-refractivity contribution < 1.29 is 23.0 Å². The minimum absolute atomic E-state index is 0.0616. The van der Waals surface area contributed by atoms with Crippen LogP contribution in [-0.2, 0) is 6.18 Å². The molecule has 31 heavy (non-hydrogen) atoms. The molecular weight excluding hydrogens is 411 g/mol. The Bertz CT molecular complexity index is 1080. The average molecular weight is 433 g/mol. The van der Waals surface area contributed by atoms with Crippen LogP contribution in [0.15, 0.2) is 36.7 Å². The fourth-order valence-corrected chi connectivity index (χ4v) is 4.41. The molecule has 10 heteroatoms. The second kappa shape index (κ2) is 7.69. The van der Waals surface area contributed by atoms with Gasteiger partial charge in [0.2, 0.25) is 0 Å². The highest BCUT2D eigenvalue weighted by molar-refractivity contribution is 5.88. The smallest absolute Gasteiger partial charge is 0.431 e. The quantitative estimate of drug-likeness (QED) is 0.588. The van der Waals surface area contributed by atoms with Crippen LogP contribution < -0.4 is 10.1 Å². The number of para-hydroxylation sites is 1. The summed E-state index contributed by atoms with van der Waals surface area (Å²) in [6.07, 6.45) is -2.20. The molecule has 0 aliphatic carbocycles. The summed E-state index contributed by atoms with van der Waals surface area (Å²) in [6.45, 7) is 1.87. The van der Waals surface area contributed by atoms with E-state index >= 15 is 0 Å². The van der Waals surface area contributed by atoms with Crippen molar-refractivity contribution in [2.24, 2.45) is 0 Å². The lowest BCUT2D eigenvalue weighted by Crippen LogP contribution is -2.51. The summed E-state index contributed by atoms with van der Waals surface area (Å²) in [4.78, 5) is 12.8. The number of H-pyrrole nitrogens is 1. The molecular formula is C21H22F3N5O2. The van der Waals surface area contributed by atoms with Gasteiger partial charge in [-0.2, -0.15) is 13.2 Å². The normalized spacial score (nSPS) is 22.8. The van der Waals surface area contributed by atoms with E-state index < -0.39 is 11.9 Å². The third-order valence-corrected chi connectivity index (χ3v) is 6.04. The minimum Gasteiger partial charge on any atom is -0.491 e. The number of aliphatic hydroxyl groups excluding tert-OH is 1. The van der Waals surface area contributed by atoms with Gasteiger partial charge in [-0.05, 0) is 25.0 Å². The van der Waals surface area contributed by atoms with Crippen LogP contribution in [0.1, 0.15) is 30.1 Å². The van der Waals surface area contributed by atoms with E-state index in [0.29, 0.717) is 25.3 Å². The van der Waals surface area contributed by atoms with E-state index in [9.17, 15) is 18.3 Å². The van der Waals surface area contributed by atoms with Crippen LogP contribution in [0.25, 0.3) is 11.0 Å². The molecule has 2 aliphatic heterocycles. The Labute approximate surface area is 176 Å². The van der Waals surface area contributed by atoms with Crippen LogP contribution >= 0.6 is 0 Å². The van der Waals surface area contributed by atoms with E-state index in [4.69, 9.17) is 4.74 Å². The highest BCUT2D eigenvalue weighted by Crippen LogP contribution is 2.39. The van der Waals surface area contributed by atoms with E-state index in [-0.39, 0.29) is 29.2 Å². The summed E-state index contributed by atoms with van der Waals surface area (Å²) in [5.74, 6) is 1.07. The molecule has 2 aromatic heterocycles. The number of hydrogen-bond acceptors (Lipinski definition) is 6. The zero-order valence-corrected chi connectivity index (χ0v) is 16.6. The molecule has 5 rings (SSSR count). The summed E-state index contributed by atoms with van der Waals surface area (Å²) < 4.78 is 45.6. The molecule has 4 heterocycles. The number of piperidine rings is 1. The lowest BCUT2D eigenvalue weighted by atomic mass is 9.93. The van der Waals surface area contributed by atoms with E-state index in [2.05, 4.69) is 25.2 Å². The van der Waals surface area contributed by atoms with Gasteiger partial charge in [0.15, 0.2) is 0 Å². The SMILES string of the molecule is OC1CCN([C@H]2COc3ccccc3[C@@H]2Nc2ncnc3[nH]c(C(F)(F)F)cc23)CC1. The number of anilines is 1. The zero-order valence-electron chi connectivity index (χ0n) is 16.6. The lowest BCUT2D eigenvalue weighted by molar-refractivity contribution is -0.140. The Morgan fingerprint density at radius 2 is 1.94 bits per heavy atom. The first-order chi connectivity index (χ1) is 14.9. The van der Waals surface area contributed by atoms with E-state index in [1.54, 1.807) is 0 Å². The maximum Gasteiger partial charge on any atom is 0.431 e. The molecule has 0 radical (unpaired) electrons. The van der Waals surface area contributed by atoms with E-state index in [1.807, 2.05) is 24.3 Å². The second-order valence-electron chi connectivity index (χ2n) is 7.97. The van der Waals surface area contributed by atoms with Crippen molar-refractivity contribution in [3.63, 3.8) is 0 Å². The molecule has 0 amide bonds. The zero-order chi connectivity index (χ0) is 21.6. The number of hydrogen-bond donors (Lipinski definition) is 3. The van der Waals surface area contributed by atoms with E-state index in [1.165, 1.54) is 6.33 Å².